The van der Waals surface area contributed by atoms with Crippen LogP contribution in [-0.4, -0.2) is 32.4 Å². The fourth-order valence-electron chi connectivity index (χ4n) is 2.74. The summed E-state index contributed by atoms with van der Waals surface area (Å²) < 4.78 is 23.3. The SMILES string of the molecule is CCCNC(=O)c1ccc(CC2CCCS(=O)(=O)C2)cc1. The van der Waals surface area contributed by atoms with Gasteiger partial charge < -0.3 is 5.32 Å². The van der Waals surface area contributed by atoms with E-state index in [1.165, 1.54) is 0 Å². The second kappa shape index (κ2) is 7.07. The number of carbonyl (C=O) groups excluding carboxylic acids is 1. The number of carbonyl (C=O) groups is 1. The second-order valence-corrected chi connectivity index (χ2v) is 8.01. The van der Waals surface area contributed by atoms with E-state index in [4.69, 9.17) is 0 Å². The van der Waals surface area contributed by atoms with Crippen LogP contribution in [0, 0.1) is 5.92 Å². The minimum atomic E-state index is -2.85. The van der Waals surface area contributed by atoms with Crippen LogP contribution in [0.15, 0.2) is 24.3 Å². The molecule has 21 heavy (non-hydrogen) atoms. The van der Waals surface area contributed by atoms with Gasteiger partial charge in [0.25, 0.3) is 5.91 Å². The van der Waals surface area contributed by atoms with Crippen LogP contribution in [0.5, 0.6) is 0 Å². The minimum Gasteiger partial charge on any atom is -0.352 e. The molecule has 0 aliphatic carbocycles. The normalized spacial score (nSPS) is 20.9. The van der Waals surface area contributed by atoms with Gasteiger partial charge in [0.15, 0.2) is 9.84 Å². The first kappa shape index (κ1) is 16.0. The molecule has 1 aliphatic rings. The molecule has 1 aromatic carbocycles. The van der Waals surface area contributed by atoms with Crippen molar-refractivity contribution >= 4 is 15.7 Å². The first-order chi connectivity index (χ1) is 10.00. The van der Waals surface area contributed by atoms with Crippen LogP contribution in [0.25, 0.3) is 0 Å². The number of amides is 1. The van der Waals surface area contributed by atoms with E-state index in [-0.39, 0.29) is 11.8 Å². The van der Waals surface area contributed by atoms with Gasteiger partial charge in [0.05, 0.1) is 11.5 Å². The Bertz CT molecular complexity index is 578. The Morgan fingerprint density at radius 1 is 1.29 bits per heavy atom. The zero-order valence-corrected chi connectivity index (χ0v) is 13.3. The lowest BCUT2D eigenvalue weighted by Crippen LogP contribution is -2.26. The van der Waals surface area contributed by atoms with Crippen LogP contribution >= 0.6 is 0 Å². The van der Waals surface area contributed by atoms with E-state index in [2.05, 4.69) is 5.32 Å². The van der Waals surface area contributed by atoms with Crippen LogP contribution < -0.4 is 5.32 Å². The lowest BCUT2D eigenvalue weighted by Gasteiger charge is -2.21. The smallest absolute Gasteiger partial charge is 0.251 e. The van der Waals surface area contributed by atoms with Gasteiger partial charge in [-0.05, 0) is 49.3 Å². The van der Waals surface area contributed by atoms with Crippen molar-refractivity contribution in [2.75, 3.05) is 18.1 Å². The van der Waals surface area contributed by atoms with Crippen molar-refractivity contribution in [3.63, 3.8) is 0 Å². The first-order valence-corrected chi connectivity index (χ1v) is 9.40. The molecular formula is C16H23NO3S. The zero-order chi connectivity index (χ0) is 15.3. The summed E-state index contributed by atoms with van der Waals surface area (Å²) in [4.78, 5) is 11.8. The van der Waals surface area contributed by atoms with Crippen LogP contribution in [0.3, 0.4) is 0 Å². The van der Waals surface area contributed by atoms with E-state index in [9.17, 15) is 13.2 Å². The molecule has 0 aromatic heterocycles. The minimum absolute atomic E-state index is 0.0522. The summed E-state index contributed by atoms with van der Waals surface area (Å²) in [6.45, 7) is 2.70. The van der Waals surface area contributed by atoms with Crippen LogP contribution in [0.2, 0.25) is 0 Å². The predicted octanol–water partition coefficient (Wildman–Crippen LogP) is 2.19. The molecule has 5 heteroatoms. The highest BCUT2D eigenvalue weighted by atomic mass is 32.2. The predicted molar refractivity (Wildman–Crippen MR) is 84.1 cm³/mol. The molecule has 4 nitrogen and oxygen atoms in total. The largest absolute Gasteiger partial charge is 0.352 e. The van der Waals surface area contributed by atoms with E-state index < -0.39 is 9.84 Å². The zero-order valence-electron chi connectivity index (χ0n) is 12.5. The Balaban J connectivity index is 1.94. The lowest BCUT2D eigenvalue weighted by atomic mass is 9.96. The summed E-state index contributed by atoms with van der Waals surface area (Å²) in [5.41, 5.74) is 1.76. The molecular weight excluding hydrogens is 286 g/mol. The standard InChI is InChI=1S/C16H23NO3S/c1-2-9-17-16(18)15-7-5-13(6-8-15)11-14-4-3-10-21(19,20)12-14/h5-8,14H,2-4,9-12H2,1H3,(H,17,18). The Morgan fingerprint density at radius 3 is 2.62 bits per heavy atom. The summed E-state index contributed by atoms with van der Waals surface area (Å²) in [5.74, 6) is 0.790. The average molecular weight is 309 g/mol. The van der Waals surface area contributed by atoms with Gasteiger partial charge in [-0.2, -0.15) is 0 Å². The van der Waals surface area contributed by atoms with Crippen LogP contribution in [-0.2, 0) is 16.3 Å². The molecule has 2 rings (SSSR count). The maximum atomic E-state index is 11.8. The third-order valence-electron chi connectivity index (χ3n) is 3.83. The third kappa shape index (κ3) is 4.84. The highest BCUT2D eigenvalue weighted by Crippen LogP contribution is 2.22. The molecule has 1 N–H and O–H groups in total. The molecule has 1 unspecified atom stereocenters. The molecule has 0 spiro atoms. The van der Waals surface area contributed by atoms with Crippen molar-refractivity contribution in [1.82, 2.24) is 5.32 Å². The lowest BCUT2D eigenvalue weighted by molar-refractivity contribution is 0.0953. The van der Waals surface area contributed by atoms with Gasteiger partial charge in [-0.1, -0.05) is 19.1 Å². The highest BCUT2D eigenvalue weighted by Gasteiger charge is 2.24. The van der Waals surface area contributed by atoms with Gasteiger partial charge >= 0.3 is 0 Å². The Labute approximate surface area is 126 Å². The van der Waals surface area contributed by atoms with Crippen LogP contribution in [0.4, 0.5) is 0 Å². The third-order valence-corrected chi connectivity index (χ3v) is 5.72. The molecule has 1 heterocycles. The molecule has 1 fully saturated rings. The number of rotatable bonds is 5. The fourth-order valence-corrected chi connectivity index (χ4v) is 4.52. The van der Waals surface area contributed by atoms with Crippen molar-refractivity contribution in [2.45, 2.75) is 32.6 Å². The Hall–Kier alpha value is -1.36. The maximum absolute atomic E-state index is 11.8. The molecule has 0 radical (unpaired) electrons. The number of sulfone groups is 1. The molecule has 0 saturated carbocycles. The summed E-state index contributed by atoms with van der Waals surface area (Å²) in [5, 5.41) is 2.84. The molecule has 0 bridgehead atoms. The summed E-state index contributed by atoms with van der Waals surface area (Å²) in [7, 11) is -2.85. The van der Waals surface area contributed by atoms with E-state index in [0.717, 1.165) is 31.2 Å². The topological polar surface area (TPSA) is 63.2 Å². The van der Waals surface area contributed by atoms with Gasteiger partial charge in [0.1, 0.15) is 0 Å². The Morgan fingerprint density at radius 2 is 2.00 bits per heavy atom. The fraction of sp³-hybridized carbons (Fsp3) is 0.562. The molecule has 1 atom stereocenters. The van der Waals surface area contributed by atoms with Gasteiger partial charge in [0.2, 0.25) is 0 Å². The molecule has 1 saturated heterocycles. The van der Waals surface area contributed by atoms with Crippen molar-refractivity contribution in [3.05, 3.63) is 35.4 Å². The van der Waals surface area contributed by atoms with Gasteiger partial charge in [-0.15, -0.1) is 0 Å². The summed E-state index contributed by atoms with van der Waals surface area (Å²) in [6.07, 6.45) is 3.43. The second-order valence-electron chi connectivity index (χ2n) is 5.78. The monoisotopic (exact) mass is 309 g/mol. The summed E-state index contributed by atoms with van der Waals surface area (Å²) in [6, 6.07) is 7.50. The van der Waals surface area contributed by atoms with Crippen molar-refractivity contribution in [2.24, 2.45) is 5.92 Å². The van der Waals surface area contributed by atoms with Crippen molar-refractivity contribution in [1.29, 1.82) is 0 Å². The van der Waals surface area contributed by atoms with Crippen molar-refractivity contribution < 1.29 is 13.2 Å². The highest BCUT2D eigenvalue weighted by molar-refractivity contribution is 7.91. The molecule has 1 aliphatic heterocycles. The van der Waals surface area contributed by atoms with Gasteiger partial charge in [-0.3, -0.25) is 4.79 Å². The maximum Gasteiger partial charge on any atom is 0.251 e. The van der Waals surface area contributed by atoms with Crippen LogP contribution in [0.1, 0.15) is 42.1 Å². The number of benzene rings is 1. The quantitative estimate of drug-likeness (QED) is 0.907. The van der Waals surface area contributed by atoms with Gasteiger partial charge in [-0.25, -0.2) is 8.42 Å². The van der Waals surface area contributed by atoms with Crippen molar-refractivity contribution in [3.8, 4) is 0 Å². The first-order valence-electron chi connectivity index (χ1n) is 7.58. The average Bonchev–Trinajstić information content (AvgIpc) is 2.44. The molecule has 1 amide bonds. The Kier molecular flexibility index (Phi) is 5.39. The number of hydrogen-bond acceptors (Lipinski definition) is 3. The van der Waals surface area contributed by atoms with E-state index in [0.29, 0.717) is 23.6 Å². The number of hydrogen-bond donors (Lipinski definition) is 1. The molecule has 116 valence electrons. The van der Waals surface area contributed by atoms with Gasteiger partial charge in [0, 0.05) is 12.1 Å². The molecule has 1 aromatic rings. The summed E-state index contributed by atoms with van der Waals surface area (Å²) >= 11 is 0. The van der Waals surface area contributed by atoms with E-state index in [1.54, 1.807) is 0 Å². The van der Waals surface area contributed by atoms with E-state index in [1.807, 2.05) is 31.2 Å². The number of nitrogens with one attached hydrogen (secondary N) is 1. The van der Waals surface area contributed by atoms with E-state index >= 15 is 0 Å².